The molecule has 94 valence electrons. The van der Waals surface area contributed by atoms with Gasteiger partial charge in [0.05, 0.1) is 6.61 Å². The summed E-state index contributed by atoms with van der Waals surface area (Å²) in [6.07, 6.45) is 3.08. The monoisotopic (exact) mass is 235 g/mol. The average Bonchev–Trinajstić information content (AvgIpc) is 2.77. The zero-order chi connectivity index (χ0) is 12.1. The van der Waals surface area contributed by atoms with Gasteiger partial charge in [-0.1, -0.05) is 6.07 Å². The van der Waals surface area contributed by atoms with Gasteiger partial charge < -0.3 is 10.1 Å². The van der Waals surface area contributed by atoms with E-state index in [-0.39, 0.29) is 0 Å². The highest BCUT2D eigenvalue weighted by molar-refractivity contribution is 5.36. The molecule has 4 heteroatoms. The molecule has 1 N–H and O–H groups in total. The number of nitrogens with zero attached hydrogens (tertiary/aromatic N) is 2. The second-order valence-electron chi connectivity index (χ2n) is 4.64. The van der Waals surface area contributed by atoms with Gasteiger partial charge >= 0.3 is 0 Å². The number of pyridine rings is 1. The molecule has 1 aliphatic rings. The lowest BCUT2D eigenvalue weighted by molar-refractivity contribution is 0.160. The Morgan fingerprint density at radius 3 is 3.12 bits per heavy atom. The van der Waals surface area contributed by atoms with Crippen molar-refractivity contribution < 1.29 is 4.74 Å². The van der Waals surface area contributed by atoms with Crippen molar-refractivity contribution in [1.82, 2.24) is 9.88 Å². The number of hydrogen-bond acceptors (Lipinski definition) is 4. The zero-order valence-electron chi connectivity index (χ0n) is 10.6. The van der Waals surface area contributed by atoms with E-state index >= 15 is 0 Å². The highest BCUT2D eigenvalue weighted by atomic mass is 16.5. The van der Waals surface area contributed by atoms with Gasteiger partial charge in [-0.25, -0.2) is 4.98 Å². The van der Waals surface area contributed by atoms with E-state index in [1.165, 1.54) is 12.0 Å². The predicted octanol–water partition coefficient (Wildman–Crippen LogP) is 1.52. The van der Waals surface area contributed by atoms with E-state index in [0.717, 1.165) is 32.1 Å². The van der Waals surface area contributed by atoms with Crippen molar-refractivity contribution in [2.24, 2.45) is 0 Å². The molecule has 1 atom stereocenters. The number of likely N-dealkylation sites (tertiary alicyclic amines) is 1. The first-order valence-electron chi connectivity index (χ1n) is 6.18. The van der Waals surface area contributed by atoms with Gasteiger partial charge in [0.2, 0.25) is 0 Å². The molecule has 1 aromatic heterocycles. The number of aryl methyl sites for hydroxylation is 1. The Bertz CT molecular complexity index is 339. The summed E-state index contributed by atoms with van der Waals surface area (Å²) >= 11 is 0. The van der Waals surface area contributed by atoms with Crippen molar-refractivity contribution in [2.45, 2.75) is 19.4 Å². The highest BCUT2D eigenvalue weighted by Crippen LogP contribution is 2.14. The van der Waals surface area contributed by atoms with Crippen LogP contribution in [0.5, 0.6) is 0 Å². The van der Waals surface area contributed by atoms with E-state index in [9.17, 15) is 0 Å². The molecule has 0 amide bonds. The first-order valence-corrected chi connectivity index (χ1v) is 6.18. The number of methoxy groups -OCH3 is 1. The van der Waals surface area contributed by atoms with Crippen molar-refractivity contribution in [3.05, 3.63) is 23.9 Å². The summed E-state index contributed by atoms with van der Waals surface area (Å²) in [5.41, 5.74) is 1.20. The maximum Gasteiger partial charge on any atom is 0.126 e. The van der Waals surface area contributed by atoms with Crippen LogP contribution < -0.4 is 5.32 Å². The molecule has 0 radical (unpaired) electrons. The van der Waals surface area contributed by atoms with Crippen LogP contribution in [0.15, 0.2) is 18.3 Å². The lowest BCUT2D eigenvalue weighted by Crippen LogP contribution is -2.28. The summed E-state index contributed by atoms with van der Waals surface area (Å²) in [6, 6.07) is 4.65. The molecule has 1 fully saturated rings. The molecule has 0 aromatic carbocycles. The largest absolute Gasteiger partial charge is 0.383 e. The van der Waals surface area contributed by atoms with Crippen molar-refractivity contribution in [3.8, 4) is 0 Å². The summed E-state index contributed by atoms with van der Waals surface area (Å²) in [6.45, 7) is 6.12. The van der Waals surface area contributed by atoms with Crippen LogP contribution >= 0.6 is 0 Å². The normalized spacial score (nSPS) is 20.7. The molecular weight excluding hydrogens is 214 g/mol. The molecule has 0 spiro atoms. The smallest absolute Gasteiger partial charge is 0.126 e. The predicted molar refractivity (Wildman–Crippen MR) is 69.3 cm³/mol. The molecule has 0 aliphatic carbocycles. The van der Waals surface area contributed by atoms with Gasteiger partial charge in [0.1, 0.15) is 5.82 Å². The van der Waals surface area contributed by atoms with Gasteiger partial charge in [-0.2, -0.15) is 0 Å². The van der Waals surface area contributed by atoms with Crippen LogP contribution in [-0.4, -0.2) is 49.3 Å². The standard InChI is InChI=1S/C13H21N3O/c1-11-3-4-13(14-9-11)15-12-5-6-16(10-12)7-8-17-2/h3-4,9,12H,5-8,10H2,1-2H3,(H,14,15). The molecular formula is C13H21N3O. The van der Waals surface area contributed by atoms with E-state index in [1.807, 2.05) is 12.3 Å². The van der Waals surface area contributed by atoms with Crippen molar-refractivity contribution in [2.75, 3.05) is 38.7 Å². The van der Waals surface area contributed by atoms with Crippen LogP contribution in [0.3, 0.4) is 0 Å². The fraction of sp³-hybridized carbons (Fsp3) is 0.615. The zero-order valence-corrected chi connectivity index (χ0v) is 10.6. The SMILES string of the molecule is COCCN1CCC(Nc2ccc(C)cn2)C1. The molecule has 0 saturated carbocycles. The third-order valence-corrected chi connectivity index (χ3v) is 3.15. The van der Waals surface area contributed by atoms with Crippen LogP contribution in [0.25, 0.3) is 0 Å². The fourth-order valence-electron chi connectivity index (χ4n) is 2.14. The van der Waals surface area contributed by atoms with Crippen LogP contribution in [0.4, 0.5) is 5.82 Å². The van der Waals surface area contributed by atoms with Crippen molar-refractivity contribution >= 4 is 5.82 Å². The average molecular weight is 235 g/mol. The molecule has 0 bridgehead atoms. The lowest BCUT2D eigenvalue weighted by Gasteiger charge is -2.16. The Labute approximate surface area is 103 Å². The molecule has 1 aromatic rings. The Hall–Kier alpha value is -1.13. The van der Waals surface area contributed by atoms with Gasteiger partial charge in [-0.15, -0.1) is 0 Å². The maximum absolute atomic E-state index is 5.10. The Kier molecular flexibility index (Phi) is 4.34. The quantitative estimate of drug-likeness (QED) is 0.839. The molecule has 1 unspecified atom stereocenters. The molecule has 1 aliphatic heterocycles. The lowest BCUT2D eigenvalue weighted by atomic mass is 10.2. The maximum atomic E-state index is 5.10. The molecule has 2 heterocycles. The first-order chi connectivity index (χ1) is 8.28. The summed E-state index contributed by atoms with van der Waals surface area (Å²) in [5, 5.41) is 3.48. The van der Waals surface area contributed by atoms with Gasteiger partial charge in [0.15, 0.2) is 0 Å². The number of aromatic nitrogens is 1. The van der Waals surface area contributed by atoms with Gasteiger partial charge in [-0.05, 0) is 25.0 Å². The summed E-state index contributed by atoms with van der Waals surface area (Å²) in [7, 11) is 1.75. The van der Waals surface area contributed by atoms with E-state index in [2.05, 4.69) is 28.2 Å². The Morgan fingerprint density at radius 2 is 2.41 bits per heavy atom. The van der Waals surface area contributed by atoms with E-state index in [4.69, 9.17) is 4.74 Å². The van der Waals surface area contributed by atoms with Crippen molar-refractivity contribution in [1.29, 1.82) is 0 Å². The topological polar surface area (TPSA) is 37.4 Å². The number of hydrogen-bond donors (Lipinski definition) is 1. The van der Waals surface area contributed by atoms with Crippen LogP contribution in [0.1, 0.15) is 12.0 Å². The number of anilines is 1. The van der Waals surface area contributed by atoms with Crippen LogP contribution in [0, 0.1) is 6.92 Å². The summed E-state index contributed by atoms with van der Waals surface area (Å²) in [4.78, 5) is 6.80. The molecule has 17 heavy (non-hydrogen) atoms. The minimum absolute atomic E-state index is 0.516. The number of ether oxygens (including phenoxy) is 1. The Balaban J connectivity index is 1.79. The summed E-state index contributed by atoms with van der Waals surface area (Å²) in [5.74, 6) is 0.981. The van der Waals surface area contributed by atoms with E-state index in [1.54, 1.807) is 7.11 Å². The highest BCUT2D eigenvalue weighted by Gasteiger charge is 2.21. The first kappa shape index (κ1) is 12.3. The second kappa shape index (κ2) is 5.98. The van der Waals surface area contributed by atoms with Gasteiger partial charge in [0, 0.05) is 39.0 Å². The van der Waals surface area contributed by atoms with Crippen LogP contribution in [-0.2, 0) is 4.74 Å². The van der Waals surface area contributed by atoms with E-state index in [0.29, 0.717) is 6.04 Å². The Morgan fingerprint density at radius 1 is 1.53 bits per heavy atom. The third-order valence-electron chi connectivity index (χ3n) is 3.15. The second-order valence-corrected chi connectivity index (χ2v) is 4.64. The third kappa shape index (κ3) is 3.68. The summed E-state index contributed by atoms with van der Waals surface area (Å²) < 4.78 is 5.10. The molecule has 1 saturated heterocycles. The van der Waals surface area contributed by atoms with Crippen molar-refractivity contribution in [3.63, 3.8) is 0 Å². The minimum Gasteiger partial charge on any atom is -0.383 e. The van der Waals surface area contributed by atoms with Gasteiger partial charge in [0.25, 0.3) is 0 Å². The molecule has 4 nitrogen and oxygen atoms in total. The van der Waals surface area contributed by atoms with E-state index < -0.39 is 0 Å². The number of rotatable bonds is 5. The fourth-order valence-corrected chi connectivity index (χ4v) is 2.14. The molecule has 2 rings (SSSR count). The number of nitrogens with one attached hydrogen (secondary N) is 1. The van der Waals surface area contributed by atoms with Crippen LogP contribution in [0.2, 0.25) is 0 Å². The van der Waals surface area contributed by atoms with Gasteiger partial charge in [-0.3, -0.25) is 4.90 Å². The minimum atomic E-state index is 0.516.